The number of pyridine rings is 1. The highest BCUT2D eigenvalue weighted by Crippen LogP contribution is 2.20. The zero-order chi connectivity index (χ0) is 10.1. The van der Waals surface area contributed by atoms with Crippen LogP contribution in [0.5, 0.6) is 0 Å². The topological polar surface area (TPSA) is 28.7 Å². The molecular formula is C12H14N2. The molecule has 0 amide bonds. The Morgan fingerprint density at radius 2 is 2.29 bits per heavy atom. The fraction of sp³-hybridized carbons (Fsp3) is 0.250. The van der Waals surface area contributed by atoms with Gasteiger partial charge in [0, 0.05) is 17.8 Å². The molecule has 2 heteroatoms. The normalized spacial score (nSPS) is 12.4. The molecule has 0 atom stereocenters. The van der Waals surface area contributed by atoms with Crippen molar-refractivity contribution in [2.45, 2.75) is 20.8 Å². The predicted molar refractivity (Wildman–Crippen MR) is 60.2 cm³/mol. The number of aromatic amines is 1. The van der Waals surface area contributed by atoms with Gasteiger partial charge in [-0.15, -0.1) is 0 Å². The van der Waals surface area contributed by atoms with E-state index in [9.17, 15) is 0 Å². The summed E-state index contributed by atoms with van der Waals surface area (Å²) in [5.41, 5.74) is 4.68. The molecule has 0 spiro atoms. The molecule has 0 unspecified atom stereocenters. The number of rotatable bonds is 1. The van der Waals surface area contributed by atoms with Gasteiger partial charge in [0.1, 0.15) is 5.65 Å². The fourth-order valence-corrected chi connectivity index (χ4v) is 1.52. The summed E-state index contributed by atoms with van der Waals surface area (Å²) in [5, 5.41) is 1.21. The minimum Gasteiger partial charge on any atom is -0.346 e. The first-order valence-corrected chi connectivity index (χ1v) is 4.79. The van der Waals surface area contributed by atoms with E-state index in [-0.39, 0.29) is 0 Å². The molecule has 1 N–H and O–H groups in total. The summed E-state index contributed by atoms with van der Waals surface area (Å²) in [7, 11) is 0. The number of H-pyrrole nitrogens is 1. The molecule has 0 bridgehead atoms. The monoisotopic (exact) mass is 186 g/mol. The van der Waals surface area contributed by atoms with Gasteiger partial charge in [-0.05, 0) is 43.5 Å². The minimum atomic E-state index is 0.968. The Bertz CT molecular complexity index is 492. The molecule has 2 rings (SSSR count). The highest BCUT2D eigenvalue weighted by atomic mass is 14.8. The maximum Gasteiger partial charge on any atom is 0.137 e. The maximum atomic E-state index is 4.37. The first-order valence-electron chi connectivity index (χ1n) is 4.79. The maximum absolute atomic E-state index is 4.37. The number of aryl methyl sites for hydroxylation is 1. The van der Waals surface area contributed by atoms with Crippen LogP contribution in [0, 0.1) is 6.92 Å². The molecule has 72 valence electrons. The van der Waals surface area contributed by atoms with Gasteiger partial charge in [0.15, 0.2) is 0 Å². The quantitative estimate of drug-likeness (QED) is 0.727. The Hall–Kier alpha value is -1.57. The molecular weight excluding hydrogens is 172 g/mol. The standard InChI is InChI=1S/C12H14N2/c1-4-8(2)10-5-11-9(3)6-13-12(11)14-7-10/h4-7H,1-3H3,(H,13,14). The Balaban J connectivity index is 2.66. The van der Waals surface area contributed by atoms with E-state index in [1.807, 2.05) is 19.3 Å². The van der Waals surface area contributed by atoms with E-state index in [0.29, 0.717) is 0 Å². The molecule has 14 heavy (non-hydrogen) atoms. The van der Waals surface area contributed by atoms with E-state index >= 15 is 0 Å². The molecule has 0 aliphatic carbocycles. The lowest BCUT2D eigenvalue weighted by atomic mass is 10.1. The van der Waals surface area contributed by atoms with Crippen molar-refractivity contribution in [2.75, 3.05) is 0 Å². The van der Waals surface area contributed by atoms with Crippen molar-refractivity contribution in [3.63, 3.8) is 0 Å². The highest BCUT2D eigenvalue weighted by Gasteiger charge is 2.02. The van der Waals surface area contributed by atoms with Crippen molar-refractivity contribution in [2.24, 2.45) is 0 Å². The Labute approximate surface area is 83.7 Å². The molecule has 0 aliphatic heterocycles. The number of aromatic nitrogens is 2. The van der Waals surface area contributed by atoms with Gasteiger partial charge in [0.2, 0.25) is 0 Å². The van der Waals surface area contributed by atoms with Crippen LogP contribution < -0.4 is 0 Å². The van der Waals surface area contributed by atoms with Crippen LogP contribution in [-0.4, -0.2) is 9.97 Å². The first-order chi connectivity index (χ1) is 6.72. The minimum absolute atomic E-state index is 0.968. The van der Waals surface area contributed by atoms with Crippen LogP contribution in [-0.2, 0) is 0 Å². The van der Waals surface area contributed by atoms with Gasteiger partial charge in [-0.25, -0.2) is 4.98 Å². The van der Waals surface area contributed by atoms with Crippen LogP contribution in [0.2, 0.25) is 0 Å². The summed E-state index contributed by atoms with van der Waals surface area (Å²) in [6.07, 6.45) is 6.00. The van der Waals surface area contributed by atoms with Crippen molar-refractivity contribution < 1.29 is 0 Å². The number of nitrogens with one attached hydrogen (secondary N) is 1. The van der Waals surface area contributed by atoms with Gasteiger partial charge in [-0.2, -0.15) is 0 Å². The van der Waals surface area contributed by atoms with Crippen LogP contribution in [0.1, 0.15) is 25.0 Å². The van der Waals surface area contributed by atoms with Crippen molar-refractivity contribution in [1.29, 1.82) is 0 Å². The van der Waals surface area contributed by atoms with Gasteiger partial charge >= 0.3 is 0 Å². The van der Waals surface area contributed by atoms with E-state index in [4.69, 9.17) is 0 Å². The fourth-order valence-electron chi connectivity index (χ4n) is 1.52. The van der Waals surface area contributed by atoms with E-state index in [0.717, 1.165) is 5.65 Å². The summed E-state index contributed by atoms with van der Waals surface area (Å²) >= 11 is 0. The SMILES string of the molecule is CC=C(C)c1cnc2[nH]cc(C)c2c1. The van der Waals surface area contributed by atoms with Gasteiger partial charge in [-0.3, -0.25) is 0 Å². The number of nitrogens with zero attached hydrogens (tertiary/aromatic N) is 1. The van der Waals surface area contributed by atoms with Crippen molar-refractivity contribution in [3.8, 4) is 0 Å². The molecule has 0 aliphatic rings. The summed E-state index contributed by atoms with van der Waals surface area (Å²) in [6.45, 7) is 6.24. The van der Waals surface area contributed by atoms with Gasteiger partial charge in [0.05, 0.1) is 0 Å². The number of hydrogen-bond acceptors (Lipinski definition) is 1. The second-order valence-corrected chi connectivity index (χ2v) is 3.56. The van der Waals surface area contributed by atoms with Gasteiger partial charge in [-0.1, -0.05) is 6.08 Å². The molecule has 0 fully saturated rings. The van der Waals surface area contributed by atoms with Crippen LogP contribution in [0.4, 0.5) is 0 Å². The van der Waals surface area contributed by atoms with Crippen LogP contribution in [0.25, 0.3) is 16.6 Å². The van der Waals surface area contributed by atoms with E-state index in [1.165, 1.54) is 22.1 Å². The zero-order valence-corrected chi connectivity index (χ0v) is 8.76. The van der Waals surface area contributed by atoms with Gasteiger partial charge in [0.25, 0.3) is 0 Å². The number of allylic oxidation sites excluding steroid dienone is 2. The van der Waals surface area contributed by atoms with E-state index < -0.39 is 0 Å². The largest absolute Gasteiger partial charge is 0.346 e. The molecule has 2 heterocycles. The molecule has 2 aromatic heterocycles. The van der Waals surface area contributed by atoms with Crippen molar-refractivity contribution >= 4 is 16.6 Å². The molecule has 0 aromatic carbocycles. The Morgan fingerprint density at radius 3 is 3.00 bits per heavy atom. The zero-order valence-electron chi connectivity index (χ0n) is 8.76. The lowest BCUT2D eigenvalue weighted by Gasteiger charge is -2.00. The van der Waals surface area contributed by atoms with Gasteiger partial charge < -0.3 is 4.98 Å². The third-order valence-corrected chi connectivity index (χ3v) is 2.63. The lowest BCUT2D eigenvalue weighted by Crippen LogP contribution is -1.83. The van der Waals surface area contributed by atoms with Crippen molar-refractivity contribution in [1.82, 2.24) is 9.97 Å². The third-order valence-electron chi connectivity index (χ3n) is 2.63. The smallest absolute Gasteiger partial charge is 0.137 e. The van der Waals surface area contributed by atoms with E-state index in [1.54, 1.807) is 0 Å². The van der Waals surface area contributed by atoms with Crippen LogP contribution in [0.3, 0.4) is 0 Å². The number of fused-ring (bicyclic) bond motifs is 1. The molecule has 0 saturated heterocycles. The second-order valence-electron chi connectivity index (χ2n) is 3.56. The summed E-state index contributed by atoms with van der Waals surface area (Å²) in [4.78, 5) is 7.52. The average Bonchev–Trinajstić information content (AvgIpc) is 2.59. The Morgan fingerprint density at radius 1 is 1.50 bits per heavy atom. The third kappa shape index (κ3) is 1.33. The van der Waals surface area contributed by atoms with Crippen LogP contribution >= 0.6 is 0 Å². The molecule has 0 saturated carbocycles. The number of hydrogen-bond donors (Lipinski definition) is 1. The molecule has 2 nitrogen and oxygen atoms in total. The second kappa shape index (κ2) is 3.29. The Kier molecular flexibility index (Phi) is 2.12. The summed E-state index contributed by atoms with van der Waals surface area (Å²) < 4.78 is 0. The summed E-state index contributed by atoms with van der Waals surface area (Å²) in [6, 6.07) is 2.18. The lowest BCUT2D eigenvalue weighted by molar-refractivity contribution is 1.31. The predicted octanol–water partition coefficient (Wildman–Crippen LogP) is 3.29. The highest BCUT2D eigenvalue weighted by molar-refractivity contribution is 5.83. The van der Waals surface area contributed by atoms with E-state index in [2.05, 4.69) is 36.0 Å². The molecule has 0 radical (unpaired) electrons. The van der Waals surface area contributed by atoms with Crippen molar-refractivity contribution in [3.05, 3.63) is 35.7 Å². The summed E-state index contributed by atoms with van der Waals surface area (Å²) in [5.74, 6) is 0. The van der Waals surface area contributed by atoms with Crippen LogP contribution in [0.15, 0.2) is 24.5 Å². The molecule has 2 aromatic rings. The first kappa shape index (κ1) is 9.00. The average molecular weight is 186 g/mol.